The first-order valence-electron chi connectivity index (χ1n) is 7.67. The minimum atomic E-state index is 0.0853. The normalized spacial score (nSPS) is 16.8. The quantitative estimate of drug-likeness (QED) is 0.607. The summed E-state index contributed by atoms with van der Waals surface area (Å²) in [5.74, 6) is 0. The van der Waals surface area contributed by atoms with Gasteiger partial charge in [0, 0.05) is 22.7 Å². The lowest BCUT2D eigenvalue weighted by molar-refractivity contribution is 0.748. The lowest BCUT2D eigenvalue weighted by atomic mass is 10.0. The second-order valence-corrected chi connectivity index (χ2v) is 6.67. The minimum absolute atomic E-state index is 0.0853. The molecule has 0 saturated heterocycles. The van der Waals surface area contributed by atoms with Crippen LogP contribution in [0.4, 0.5) is 0 Å². The predicted molar refractivity (Wildman–Crippen MR) is 95.3 cm³/mol. The summed E-state index contributed by atoms with van der Waals surface area (Å²) in [6.07, 6.45) is 3.69. The molecule has 2 aromatic heterocycles. The third kappa shape index (κ3) is 2.07. The van der Waals surface area contributed by atoms with Gasteiger partial charge in [0.2, 0.25) is 5.16 Å². The molecular formula is C18H13N5S. The molecule has 0 fully saturated rings. The zero-order valence-electron chi connectivity index (χ0n) is 12.6. The maximum atomic E-state index is 4.82. The van der Waals surface area contributed by atoms with Gasteiger partial charge in [-0.05, 0) is 11.6 Å². The highest BCUT2D eigenvalue weighted by molar-refractivity contribution is 8.00. The van der Waals surface area contributed by atoms with E-state index in [2.05, 4.69) is 57.6 Å². The van der Waals surface area contributed by atoms with E-state index < -0.39 is 0 Å². The van der Waals surface area contributed by atoms with Gasteiger partial charge >= 0.3 is 0 Å². The second kappa shape index (κ2) is 5.35. The Bertz CT molecular complexity index is 1050. The van der Waals surface area contributed by atoms with Gasteiger partial charge < -0.3 is 4.98 Å². The van der Waals surface area contributed by atoms with Gasteiger partial charge in [-0.1, -0.05) is 60.3 Å². The smallest absolute Gasteiger partial charge is 0.212 e. The Balaban J connectivity index is 1.73. The van der Waals surface area contributed by atoms with Crippen LogP contribution in [0.15, 0.2) is 77.4 Å². The molecule has 6 heteroatoms. The molecule has 116 valence electrons. The van der Waals surface area contributed by atoms with Crippen LogP contribution in [0.3, 0.4) is 0 Å². The van der Waals surface area contributed by atoms with E-state index in [9.17, 15) is 0 Å². The molecule has 5 rings (SSSR count). The Morgan fingerprint density at radius 3 is 2.75 bits per heavy atom. The van der Waals surface area contributed by atoms with Gasteiger partial charge in [0.15, 0.2) is 0 Å². The van der Waals surface area contributed by atoms with Gasteiger partial charge in [-0.15, -0.1) is 10.2 Å². The van der Waals surface area contributed by atoms with Crippen molar-refractivity contribution in [1.29, 1.82) is 0 Å². The molecule has 2 aromatic carbocycles. The van der Waals surface area contributed by atoms with E-state index in [1.54, 1.807) is 22.8 Å². The zero-order valence-corrected chi connectivity index (χ0v) is 13.4. The Hall–Kier alpha value is -2.86. The van der Waals surface area contributed by atoms with Crippen molar-refractivity contribution in [3.63, 3.8) is 0 Å². The van der Waals surface area contributed by atoms with Gasteiger partial charge in [-0.3, -0.25) is 0 Å². The molecule has 1 unspecified atom stereocenters. The molecule has 1 aliphatic heterocycles. The third-order valence-corrected chi connectivity index (χ3v) is 5.37. The van der Waals surface area contributed by atoms with E-state index in [0.717, 1.165) is 21.9 Å². The molecular weight excluding hydrogens is 318 g/mol. The summed E-state index contributed by atoms with van der Waals surface area (Å²) in [4.78, 5) is 3.34. The highest BCUT2D eigenvalue weighted by atomic mass is 32.2. The number of hydrogen-bond acceptors (Lipinski definition) is 4. The molecule has 5 nitrogen and oxygen atoms in total. The average Bonchev–Trinajstić information content (AvgIpc) is 3.27. The lowest BCUT2D eigenvalue weighted by Crippen LogP contribution is -2.17. The summed E-state index contributed by atoms with van der Waals surface area (Å²) >= 11 is 1.68. The first-order valence-corrected chi connectivity index (χ1v) is 8.55. The summed E-state index contributed by atoms with van der Waals surface area (Å²) in [5.41, 5.74) is 4.45. The summed E-state index contributed by atoms with van der Waals surface area (Å²) < 4.78 is 1.75. The van der Waals surface area contributed by atoms with Crippen LogP contribution in [-0.2, 0) is 0 Å². The standard InChI is InChI=1S/C18H13N5S/c1-2-6-12(7-3-1)17-16(22-23-11-20-21-18(23)24-17)14-10-19-15-9-5-4-8-13(14)15/h1-11,17,19H. The zero-order chi connectivity index (χ0) is 15.9. The molecule has 3 heterocycles. The first kappa shape index (κ1) is 13.6. The number of aromatic amines is 1. The van der Waals surface area contributed by atoms with Crippen molar-refractivity contribution in [2.75, 3.05) is 0 Å². The number of nitrogens with zero attached hydrogens (tertiary/aromatic N) is 4. The topological polar surface area (TPSA) is 58.9 Å². The molecule has 4 aromatic rings. The minimum Gasteiger partial charge on any atom is -0.360 e. The van der Waals surface area contributed by atoms with Gasteiger partial charge in [0.05, 0.1) is 11.0 Å². The molecule has 1 N–H and O–H groups in total. The van der Waals surface area contributed by atoms with Crippen molar-refractivity contribution in [3.05, 3.63) is 78.2 Å². The van der Waals surface area contributed by atoms with Crippen LogP contribution in [0, 0.1) is 0 Å². The van der Waals surface area contributed by atoms with E-state index in [4.69, 9.17) is 5.10 Å². The summed E-state index contributed by atoms with van der Waals surface area (Å²) in [7, 11) is 0. The molecule has 0 aliphatic carbocycles. The van der Waals surface area contributed by atoms with E-state index in [0.29, 0.717) is 0 Å². The van der Waals surface area contributed by atoms with Crippen LogP contribution < -0.4 is 0 Å². The lowest BCUT2D eigenvalue weighted by Gasteiger charge is -2.22. The van der Waals surface area contributed by atoms with E-state index >= 15 is 0 Å². The van der Waals surface area contributed by atoms with E-state index in [1.807, 2.05) is 18.3 Å². The van der Waals surface area contributed by atoms with E-state index in [1.165, 1.54) is 10.9 Å². The fourth-order valence-electron chi connectivity index (χ4n) is 3.03. The number of aromatic nitrogens is 4. The van der Waals surface area contributed by atoms with Crippen LogP contribution in [0.2, 0.25) is 0 Å². The monoisotopic (exact) mass is 331 g/mol. The third-order valence-electron chi connectivity index (χ3n) is 4.15. The largest absolute Gasteiger partial charge is 0.360 e. The maximum absolute atomic E-state index is 4.82. The number of H-pyrrole nitrogens is 1. The van der Waals surface area contributed by atoms with Crippen molar-refractivity contribution < 1.29 is 0 Å². The Morgan fingerprint density at radius 2 is 1.83 bits per heavy atom. The number of hydrogen-bond donors (Lipinski definition) is 1. The number of rotatable bonds is 2. The summed E-state index contributed by atoms with van der Waals surface area (Å²) in [6.45, 7) is 0. The van der Waals surface area contributed by atoms with Gasteiger partial charge in [-0.2, -0.15) is 9.78 Å². The van der Waals surface area contributed by atoms with Crippen LogP contribution in [0.5, 0.6) is 0 Å². The fraction of sp³-hybridized carbons (Fsp3) is 0.0556. The van der Waals surface area contributed by atoms with Crippen LogP contribution in [0.25, 0.3) is 10.9 Å². The first-order chi connectivity index (χ1) is 11.9. The fourth-order valence-corrected chi connectivity index (χ4v) is 4.11. The van der Waals surface area contributed by atoms with Crippen molar-refractivity contribution in [3.8, 4) is 0 Å². The summed E-state index contributed by atoms with van der Waals surface area (Å²) in [6, 6.07) is 18.7. The number of nitrogens with one attached hydrogen (secondary N) is 1. The van der Waals surface area contributed by atoms with Crippen molar-refractivity contribution in [2.24, 2.45) is 5.10 Å². The molecule has 0 radical (unpaired) electrons. The number of thioether (sulfide) groups is 1. The highest BCUT2D eigenvalue weighted by Crippen LogP contribution is 2.41. The Labute approximate surface area is 142 Å². The van der Waals surface area contributed by atoms with Gasteiger partial charge in [0.1, 0.15) is 6.33 Å². The van der Waals surface area contributed by atoms with Crippen LogP contribution in [0.1, 0.15) is 16.4 Å². The molecule has 0 bridgehead atoms. The van der Waals surface area contributed by atoms with Crippen molar-refractivity contribution in [1.82, 2.24) is 19.9 Å². The predicted octanol–water partition coefficient (Wildman–Crippen LogP) is 3.86. The Kier molecular flexibility index (Phi) is 3.02. The Morgan fingerprint density at radius 1 is 1.00 bits per heavy atom. The van der Waals surface area contributed by atoms with Gasteiger partial charge in [0.25, 0.3) is 0 Å². The average molecular weight is 331 g/mol. The van der Waals surface area contributed by atoms with Crippen molar-refractivity contribution in [2.45, 2.75) is 10.4 Å². The van der Waals surface area contributed by atoms with Crippen molar-refractivity contribution >= 4 is 28.4 Å². The van der Waals surface area contributed by atoms with Crippen LogP contribution in [-0.4, -0.2) is 25.6 Å². The number of benzene rings is 2. The molecule has 1 aliphatic rings. The molecule has 0 spiro atoms. The highest BCUT2D eigenvalue weighted by Gasteiger charge is 2.29. The van der Waals surface area contributed by atoms with E-state index in [-0.39, 0.29) is 5.25 Å². The van der Waals surface area contributed by atoms with Crippen LogP contribution >= 0.6 is 11.8 Å². The molecule has 24 heavy (non-hydrogen) atoms. The molecule has 0 saturated carbocycles. The number of fused-ring (bicyclic) bond motifs is 2. The SMILES string of the molecule is c1ccc(C2Sc3nncn3N=C2c2c[nH]c3ccccc23)cc1. The summed E-state index contributed by atoms with van der Waals surface area (Å²) in [5, 5.41) is 15.1. The molecule has 0 amide bonds. The maximum Gasteiger partial charge on any atom is 0.212 e. The molecule has 1 atom stereocenters. The number of para-hydroxylation sites is 1. The van der Waals surface area contributed by atoms with Gasteiger partial charge in [-0.25, -0.2) is 0 Å². The second-order valence-electron chi connectivity index (χ2n) is 5.60.